The standard InChI is InChI=1S/C41H55N3O3Si/c1-9-44(34-24-22-33(23-25-34)42(6)7)39-28-32(27-38(31(39)2)40(45)46-8)17-16-26-43-29-35(30-43)47-48(41(3,4)5,36-18-12-10-13-19-36)37-20-14-11-15-21-37/h10-15,18-21,27-28,33-35H,9,22-26,29-30H2,1-8H3. The molecule has 3 aromatic rings. The first-order valence-corrected chi connectivity index (χ1v) is 19.6. The Balaban J connectivity index is 1.32. The highest BCUT2D eigenvalue weighted by Crippen LogP contribution is 2.38. The predicted octanol–water partition coefficient (Wildman–Crippen LogP) is 6.09. The first-order chi connectivity index (χ1) is 23.0. The SMILES string of the molecule is CCN(c1cc(C#CCN2CC(O[Si](c3ccccc3)(c3ccccc3)C(C)(C)C)C2)cc(C(=O)OC)c1C)C1CCC(N(C)C)CC1. The zero-order valence-electron chi connectivity index (χ0n) is 30.4. The average Bonchev–Trinajstić information content (AvgIpc) is 3.07. The predicted molar refractivity (Wildman–Crippen MR) is 201 cm³/mol. The highest BCUT2D eigenvalue weighted by Gasteiger charge is 2.52. The Morgan fingerprint density at radius 1 is 0.917 bits per heavy atom. The number of carbonyl (C=O) groups is 1. The number of anilines is 1. The minimum atomic E-state index is -2.58. The van der Waals surface area contributed by atoms with Gasteiger partial charge in [-0.05, 0) is 86.7 Å². The number of hydrogen-bond acceptors (Lipinski definition) is 6. The summed E-state index contributed by atoms with van der Waals surface area (Å²) in [7, 11) is 3.24. The summed E-state index contributed by atoms with van der Waals surface area (Å²) in [5.74, 6) is 6.52. The summed E-state index contributed by atoms with van der Waals surface area (Å²) in [6.07, 6.45) is 4.81. The largest absolute Gasteiger partial charge is 0.465 e. The molecular formula is C41H55N3O3Si. The van der Waals surface area contributed by atoms with Crippen molar-refractivity contribution in [2.75, 3.05) is 52.3 Å². The lowest BCUT2D eigenvalue weighted by atomic mass is 9.88. The van der Waals surface area contributed by atoms with Crippen molar-refractivity contribution in [1.29, 1.82) is 0 Å². The van der Waals surface area contributed by atoms with Crippen LogP contribution in [0.3, 0.4) is 0 Å². The van der Waals surface area contributed by atoms with Gasteiger partial charge in [0, 0.05) is 43.0 Å². The number of esters is 1. The van der Waals surface area contributed by atoms with Gasteiger partial charge in [0.1, 0.15) is 0 Å². The molecule has 0 amide bonds. The molecule has 0 aromatic heterocycles. The summed E-state index contributed by atoms with van der Waals surface area (Å²) in [5.41, 5.74) is 3.52. The molecule has 0 bridgehead atoms. The summed E-state index contributed by atoms with van der Waals surface area (Å²) in [6.45, 7) is 14.5. The molecule has 1 aliphatic heterocycles. The Hall–Kier alpha value is -3.41. The van der Waals surface area contributed by atoms with Crippen molar-refractivity contribution in [2.45, 2.75) is 83.5 Å². The van der Waals surface area contributed by atoms with Gasteiger partial charge in [-0.25, -0.2) is 4.79 Å². The maximum Gasteiger partial charge on any atom is 0.338 e. The monoisotopic (exact) mass is 665 g/mol. The van der Waals surface area contributed by atoms with E-state index in [9.17, 15) is 4.79 Å². The van der Waals surface area contributed by atoms with Crippen LogP contribution in [0.1, 0.15) is 74.9 Å². The zero-order chi connectivity index (χ0) is 34.5. The smallest absolute Gasteiger partial charge is 0.338 e. The van der Waals surface area contributed by atoms with Crippen LogP contribution >= 0.6 is 0 Å². The van der Waals surface area contributed by atoms with Crippen LogP contribution in [0.4, 0.5) is 5.69 Å². The fraction of sp³-hybridized carbons (Fsp3) is 0.488. The molecule has 0 atom stereocenters. The fourth-order valence-electron chi connectivity index (χ4n) is 7.82. The molecule has 1 saturated heterocycles. The van der Waals surface area contributed by atoms with Gasteiger partial charge < -0.3 is 19.0 Å². The number of nitrogens with zero attached hydrogens (tertiary/aromatic N) is 3. The third-order valence-corrected chi connectivity index (χ3v) is 15.6. The summed E-state index contributed by atoms with van der Waals surface area (Å²) >= 11 is 0. The number of likely N-dealkylation sites (tertiary alicyclic amines) is 1. The number of carbonyl (C=O) groups excluding carboxylic acids is 1. The maximum atomic E-state index is 12.9. The van der Waals surface area contributed by atoms with E-state index < -0.39 is 8.32 Å². The molecule has 2 aliphatic rings. The molecule has 0 N–H and O–H groups in total. The van der Waals surface area contributed by atoms with E-state index in [1.54, 1.807) is 0 Å². The quantitative estimate of drug-likeness (QED) is 0.148. The van der Waals surface area contributed by atoms with E-state index in [1.165, 1.54) is 30.3 Å². The lowest BCUT2D eigenvalue weighted by molar-refractivity contribution is 0.0226. The molecule has 0 radical (unpaired) electrons. The Labute approximate surface area is 290 Å². The highest BCUT2D eigenvalue weighted by molar-refractivity contribution is 6.99. The van der Waals surface area contributed by atoms with Gasteiger partial charge in [0.2, 0.25) is 0 Å². The molecule has 48 heavy (non-hydrogen) atoms. The topological polar surface area (TPSA) is 45.3 Å². The van der Waals surface area contributed by atoms with E-state index >= 15 is 0 Å². The second-order valence-corrected chi connectivity index (χ2v) is 19.0. The van der Waals surface area contributed by atoms with Crippen LogP contribution in [0.2, 0.25) is 5.04 Å². The van der Waals surface area contributed by atoms with Crippen LogP contribution in [0.15, 0.2) is 72.8 Å². The molecule has 0 unspecified atom stereocenters. The minimum Gasteiger partial charge on any atom is -0.465 e. The van der Waals surface area contributed by atoms with E-state index in [4.69, 9.17) is 9.16 Å². The second-order valence-electron chi connectivity index (χ2n) is 14.8. The molecule has 7 heteroatoms. The van der Waals surface area contributed by atoms with Gasteiger partial charge in [0.25, 0.3) is 8.32 Å². The van der Waals surface area contributed by atoms with Crippen LogP contribution < -0.4 is 15.3 Å². The number of benzene rings is 3. The molecule has 1 saturated carbocycles. The van der Waals surface area contributed by atoms with Crippen LogP contribution in [-0.2, 0) is 9.16 Å². The van der Waals surface area contributed by atoms with Gasteiger partial charge in [0.05, 0.1) is 25.3 Å². The molecule has 2 fully saturated rings. The molecular weight excluding hydrogens is 611 g/mol. The van der Waals surface area contributed by atoms with E-state index in [2.05, 4.69) is 135 Å². The summed E-state index contributed by atoms with van der Waals surface area (Å²) in [5, 5.41) is 2.57. The average molecular weight is 666 g/mol. The molecule has 3 aromatic carbocycles. The molecule has 6 nitrogen and oxygen atoms in total. The normalized spacial score (nSPS) is 18.9. The number of ether oxygens (including phenoxy) is 1. The number of methoxy groups -OCH3 is 1. The van der Waals surface area contributed by atoms with Gasteiger partial charge in [-0.1, -0.05) is 93.3 Å². The van der Waals surface area contributed by atoms with E-state index in [1.807, 2.05) is 13.0 Å². The molecule has 1 heterocycles. The van der Waals surface area contributed by atoms with Crippen molar-refractivity contribution < 1.29 is 14.0 Å². The van der Waals surface area contributed by atoms with Gasteiger partial charge in [-0.2, -0.15) is 0 Å². The van der Waals surface area contributed by atoms with E-state index in [0.717, 1.165) is 49.3 Å². The van der Waals surface area contributed by atoms with Gasteiger partial charge in [0.15, 0.2) is 0 Å². The summed E-state index contributed by atoms with van der Waals surface area (Å²) in [4.78, 5) is 20.1. The minimum absolute atomic E-state index is 0.0471. The Bertz CT molecular complexity index is 1540. The first-order valence-electron chi connectivity index (χ1n) is 17.6. The summed E-state index contributed by atoms with van der Waals surface area (Å²) < 4.78 is 12.5. The maximum absolute atomic E-state index is 12.9. The van der Waals surface area contributed by atoms with Crippen molar-refractivity contribution in [2.24, 2.45) is 0 Å². The van der Waals surface area contributed by atoms with Gasteiger partial charge >= 0.3 is 5.97 Å². The number of hydrogen-bond donors (Lipinski definition) is 0. The van der Waals surface area contributed by atoms with Crippen molar-refractivity contribution >= 4 is 30.3 Å². The third kappa shape index (κ3) is 7.58. The van der Waals surface area contributed by atoms with Crippen LogP contribution in [0.25, 0.3) is 0 Å². The second kappa shape index (κ2) is 15.4. The van der Waals surface area contributed by atoms with E-state index in [-0.39, 0.29) is 17.1 Å². The van der Waals surface area contributed by atoms with Crippen molar-refractivity contribution in [1.82, 2.24) is 9.80 Å². The Morgan fingerprint density at radius 3 is 1.98 bits per heavy atom. The van der Waals surface area contributed by atoms with Crippen LogP contribution in [0.5, 0.6) is 0 Å². The van der Waals surface area contributed by atoms with Crippen molar-refractivity contribution in [3.63, 3.8) is 0 Å². The Kier molecular flexibility index (Phi) is 11.5. The number of rotatable bonds is 10. The summed E-state index contributed by atoms with van der Waals surface area (Å²) in [6, 6.07) is 26.9. The first kappa shape index (κ1) is 35.9. The van der Waals surface area contributed by atoms with Crippen molar-refractivity contribution in [3.8, 4) is 11.8 Å². The highest BCUT2D eigenvalue weighted by atomic mass is 28.4. The molecule has 0 spiro atoms. The van der Waals surface area contributed by atoms with Gasteiger partial charge in [-0.15, -0.1) is 0 Å². The molecule has 1 aliphatic carbocycles. The van der Waals surface area contributed by atoms with E-state index in [0.29, 0.717) is 24.2 Å². The van der Waals surface area contributed by atoms with Crippen LogP contribution in [0, 0.1) is 18.8 Å². The third-order valence-electron chi connectivity index (χ3n) is 10.5. The lowest BCUT2D eigenvalue weighted by Gasteiger charge is -2.49. The van der Waals surface area contributed by atoms with Crippen molar-refractivity contribution in [3.05, 3.63) is 89.5 Å². The molecule has 256 valence electrons. The Morgan fingerprint density at radius 2 is 1.48 bits per heavy atom. The zero-order valence-corrected chi connectivity index (χ0v) is 31.4. The van der Waals surface area contributed by atoms with Crippen LogP contribution in [-0.4, -0.2) is 89.7 Å². The van der Waals surface area contributed by atoms with Gasteiger partial charge in [-0.3, -0.25) is 4.90 Å². The fourth-order valence-corrected chi connectivity index (χ4v) is 12.5. The molecule has 5 rings (SSSR count). The lowest BCUT2D eigenvalue weighted by Crippen LogP contribution is -2.70.